The molecule has 0 fully saturated rings. The first-order valence-electron chi connectivity index (χ1n) is 37.5. The Hall–Kier alpha value is -13.6. The van der Waals surface area contributed by atoms with Gasteiger partial charge in [0.05, 0.1) is 78.1 Å². The Morgan fingerprint density at radius 2 is 0.527 bits per heavy atom. The second-order valence-corrected chi connectivity index (χ2v) is 33.9. The summed E-state index contributed by atoms with van der Waals surface area (Å²) in [5.74, 6) is -4.28. The van der Waals surface area contributed by atoms with Crippen molar-refractivity contribution in [3.63, 3.8) is 0 Å². The maximum Gasteiger partial charge on any atom is 0.335 e. The summed E-state index contributed by atoms with van der Waals surface area (Å²) >= 11 is 0. The minimum atomic E-state index is -1.07. The van der Waals surface area contributed by atoms with Gasteiger partial charge in [-0.15, -0.1) is 0 Å². The van der Waals surface area contributed by atoms with Gasteiger partial charge in [0.1, 0.15) is 0 Å². The Kier molecular flexibility index (Phi) is 15.6. The fraction of sp³-hybridized carbons (Fsp3) is 0.167. The fourth-order valence-corrected chi connectivity index (χ4v) is 16.3. The number of nitrogens with one attached hydrogen (secondary N) is 4. The number of aromatic nitrogens is 8. The van der Waals surface area contributed by atoms with Crippen LogP contribution in [0.5, 0.6) is 0 Å². The van der Waals surface area contributed by atoms with Crippen LogP contribution in [0, 0.1) is 0 Å². The van der Waals surface area contributed by atoms with Gasteiger partial charge in [-0.25, -0.2) is 39.1 Å². The largest absolute Gasteiger partial charge is 0.478 e. The summed E-state index contributed by atoms with van der Waals surface area (Å²) < 4.78 is 0. The van der Waals surface area contributed by atoms with E-state index in [2.05, 4.69) is 176 Å². The molecule has 0 saturated heterocycles. The van der Waals surface area contributed by atoms with Crippen LogP contribution in [-0.4, -0.2) is 84.2 Å². The Bertz CT molecular complexity index is 6570. The lowest BCUT2D eigenvalue weighted by molar-refractivity contribution is 0.0686. The third kappa shape index (κ3) is 11.7. The number of nitrogens with zero attached hydrogens (tertiary/aromatic N) is 4. The van der Waals surface area contributed by atoms with Gasteiger partial charge in [-0.3, -0.25) is 0 Å². The van der Waals surface area contributed by atoms with E-state index in [-0.39, 0.29) is 43.9 Å². The first-order chi connectivity index (χ1) is 53.3. The van der Waals surface area contributed by atoms with Crippen LogP contribution >= 0.6 is 0 Å². The molecule has 2 aliphatic rings. The quantitative estimate of drug-likeness (QED) is 0.0636. The molecule has 18 rings (SSSR count). The van der Waals surface area contributed by atoms with E-state index in [1.54, 1.807) is 48.5 Å². The van der Waals surface area contributed by atoms with Gasteiger partial charge in [0.15, 0.2) is 0 Å². The van der Waals surface area contributed by atoms with Crippen molar-refractivity contribution in [3.8, 4) is 66.8 Å². The maximum atomic E-state index is 12.7. The van der Waals surface area contributed by atoms with Crippen molar-refractivity contribution in [3.05, 3.63) is 249 Å². The lowest BCUT2D eigenvalue weighted by Crippen LogP contribution is -2.16. The van der Waals surface area contributed by atoms with Crippen molar-refractivity contribution < 1.29 is 39.6 Å². The monoisotopic (exact) mass is 1470 g/mol. The summed E-state index contributed by atoms with van der Waals surface area (Å²) in [6.45, 7) is 26.6. The van der Waals surface area contributed by atoms with Gasteiger partial charge in [-0.1, -0.05) is 168 Å². The van der Waals surface area contributed by atoms with Gasteiger partial charge in [-0.05, 0) is 199 Å². The molecule has 8 aromatic carbocycles. The van der Waals surface area contributed by atoms with E-state index in [0.717, 1.165) is 77.1 Å². The number of carbonyl (C=O) groups is 4. The van der Waals surface area contributed by atoms with E-state index in [9.17, 15) is 39.6 Å². The van der Waals surface area contributed by atoms with Gasteiger partial charge in [0, 0.05) is 98.8 Å². The molecule has 8 aromatic heterocycles. The van der Waals surface area contributed by atoms with Crippen LogP contribution in [0.1, 0.15) is 170 Å². The minimum Gasteiger partial charge on any atom is -0.478 e. The summed E-state index contributed by atoms with van der Waals surface area (Å²) in [5, 5.41) is 46.1. The lowest BCUT2D eigenvalue weighted by Gasteiger charge is -2.26. The van der Waals surface area contributed by atoms with Crippen LogP contribution in [0.2, 0.25) is 0 Å². The Balaban J connectivity index is 1.10. The lowest BCUT2D eigenvalue weighted by atomic mass is 9.78. The number of aromatic amines is 4. The van der Waals surface area contributed by atoms with Crippen LogP contribution < -0.4 is 0 Å². The Morgan fingerprint density at radius 1 is 0.268 bits per heavy atom. The summed E-state index contributed by atoms with van der Waals surface area (Å²) in [6.07, 6.45) is 8.11. The van der Waals surface area contributed by atoms with E-state index < -0.39 is 23.9 Å². The molecule has 0 atom stereocenters. The first-order valence-corrected chi connectivity index (χ1v) is 37.5. The zero-order valence-corrected chi connectivity index (χ0v) is 63.8. The number of aromatic carboxylic acids is 4. The topological polar surface area (TPSA) is 264 Å². The van der Waals surface area contributed by atoms with Crippen molar-refractivity contribution in [2.45, 2.75) is 105 Å². The van der Waals surface area contributed by atoms with Crippen molar-refractivity contribution in [1.29, 1.82) is 0 Å². The normalized spacial score (nSPS) is 12.9. The fourth-order valence-electron chi connectivity index (χ4n) is 16.3. The molecule has 16 bridgehead atoms. The van der Waals surface area contributed by atoms with E-state index in [0.29, 0.717) is 133 Å². The summed E-state index contributed by atoms with van der Waals surface area (Å²) in [5.41, 5.74) is 23.2. The molecule has 2 aliphatic heterocycles. The average Bonchev–Trinajstić information content (AvgIpc) is 1.50. The number of hydrogen-bond acceptors (Lipinski definition) is 8. The van der Waals surface area contributed by atoms with Gasteiger partial charge in [0.25, 0.3) is 0 Å². The third-order valence-electron chi connectivity index (χ3n) is 22.4. The molecule has 16 heteroatoms. The highest BCUT2D eigenvalue weighted by Crippen LogP contribution is 2.50. The Morgan fingerprint density at radius 3 is 0.795 bits per heavy atom. The number of H-pyrrole nitrogens is 4. The predicted octanol–water partition coefficient (Wildman–Crippen LogP) is 23.6. The number of carboxylic acid groups (broad SMARTS) is 4. The van der Waals surface area contributed by atoms with Crippen molar-refractivity contribution in [1.82, 2.24) is 39.9 Å². The molecule has 0 amide bonds. The minimum absolute atomic E-state index is 0.111. The molecule has 0 spiro atoms. The SMILES string of the molecule is CC(C)(C)c1cc(-c2c3nc(c(-c4ccc(C(=O)O)cc4)c4cc5c6cc7nc6c6c8[nH]c(cc8c8cc(nc8c6c5[nH]4)c(-c4ccc(C(=O)O)cc4)c4ccc2[nH]4)c(-c2ccc(C(=O)O)cc2)c2nc(c(-c4cc(C(C)(C)C)cc(C(C)(C)C)c4)c4ccc([nH]4)c7-c4ccc(C(=O)O)cc4)C=C2)C=C3)cc(C(C)(C)C)c1. The molecule has 112 heavy (non-hydrogen) atoms. The molecule has 8 N–H and O–H groups in total. The summed E-state index contributed by atoms with van der Waals surface area (Å²) in [6, 6.07) is 57.7. The highest BCUT2D eigenvalue weighted by Gasteiger charge is 2.30. The summed E-state index contributed by atoms with van der Waals surface area (Å²) in [7, 11) is 0. The van der Waals surface area contributed by atoms with Gasteiger partial charge in [-0.2, -0.15) is 0 Å². The second-order valence-electron chi connectivity index (χ2n) is 33.9. The zero-order chi connectivity index (χ0) is 78.3. The van der Waals surface area contributed by atoms with Crippen molar-refractivity contribution >= 4 is 147 Å². The van der Waals surface area contributed by atoms with Gasteiger partial charge >= 0.3 is 23.9 Å². The Labute approximate surface area is 643 Å². The third-order valence-corrected chi connectivity index (χ3v) is 22.4. The van der Waals surface area contributed by atoms with E-state index in [1.165, 1.54) is 0 Å². The van der Waals surface area contributed by atoms with Crippen LogP contribution in [0.3, 0.4) is 0 Å². The maximum absolute atomic E-state index is 12.7. The van der Waals surface area contributed by atoms with E-state index >= 15 is 0 Å². The standard InChI is InChI=1S/C96H78N8O8/c1-93(2,3)57-37-55(38-58(41-57)94(4,5)6)81-69-33-29-65(97-69)77(47-13-21-51(22-14-47)89(105)106)73-43-61-63-45-75-79(49-17-25-53(26-18-49)91(109)110)67-31-35-71(99-67)82(56-39-59(95(7,8)9)42-60(40-56)96(10,11)12)72-36-32-68(100-72)80(50-19-27-54(28-20-50)92(111)112)76-46-64-62-44-74(102-86(62)83(85(61)101-73)84(87(63)103-75)88(64)104-76)78(66-30-34-70(81)98-66)48-15-23-52(24-16-48)90(107)108/h13-46,97,100,102-103H,1-12H3,(H,105,106)(H,107,108)(H,109,110)(H,111,112). The highest BCUT2D eigenvalue weighted by molar-refractivity contribution is 6.40. The summed E-state index contributed by atoms with van der Waals surface area (Å²) in [4.78, 5) is 90.2. The second kappa shape index (κ2) is 25.0. The highest BCUT2D eigenvalue weighted by atomic mass is 16.4. The molecule has 0 aliphatic carbocycles. The van der Waals surface area contributed by atoms with Crippen LogP contribution in [0.25, 0.3) is 190 Å². The molecule has 0 radical (unpaired) electrons. The van der Waals surface area contributed by atoms with E-state index in [4.69, 9.17) is 19.9 Å². The molecule has 550 valence electrons. The van der Waals surface area contributed by atoms with Crippen LogP contribution in [0.4, 0.5) is 0 Å². The zero-order valence-electron chi connectivity index (χ0n) is 63.8. The van der Waals surface area contributed by atoms with Crippen LogP contribution in [0.15, 0.2) is 182 Å². The van der Waals surface area contributed by atoms with E-state index in [1.807, 2.05) is 85.0 Å². The molecule has 10 heterocycles. The molecular formula is C96H78N8O8. The number of rotatable bonds is 10. The number of fused-ring (bicyclic) bond motifs is 14. The van der Waals surface area contributed by atoms with Gasteiger partial charge < -0.3 is 40.4 Å². The number of carboxylic acids is 4. The van der Waals surface area contributed by atoms with Gasteiger partial charge in [0.2, 0.25) is 0 Å². The smallest absolute Gasteiger partial charge is 0.335 e. The molecule has 16 nitrogen and oxygen atoms in total. The first kappa shape index (κ1) is 70.1. The van der Waals surface area contributed by atoms with Crippen molar-refractivity contribution in [2.75, 3.05) is 0 Å². The van der Waals surface area contributed by atoms with Crippen molar-refractivity contribution in [2.24, 2.45) is 0 Å². The number of benzene rings is 8. The van der Waals surface area contributed by atoms with Crippen LogP contribution in [-0.2, 0) is 21.7 Å². The molecule has 16 aromatic rings. The molecular weight excluding hydrogens is 1390 g/mol. The average molecular weight is 1470 g/mol. The number of hydrogen-bond donors (Lipinski definition) is 8. The molecule has 0 saturated carbocycles. The molecule has 0 unspecified atom stereocenters. The predicted molar refractivity (Wildman–Crippen MR) is 452 cm³/mol.